The number of hydrogen-bond acceptors (Lipinski definition) is 4. The van der Waals surface area contributed by atoms with E-state index in [9.17, 15) is 18.8 Å². The first-order chi connectivity index (χ1) is 8.52. The van der Waals surface area contributed by atoms with Gasteiger partial charge in [-0.15, -0.1) is 0 Å². The summed E-state index contributed by atoms with van der Waals surface area (Å²) < 4.78 is 18.4. The van der Waals surface area contributed by atoms with E-state index in [1.165, 1.54) is 6.07 Å². The van der Waals surface area contributed by atoms with Gasteiger partial charge in [-0.1, -0.05) is 6.07 Å². The molecule has 1 aromatic rings. The average molecular weight is 253 g/mol. The lowest BCUT2D eigenvalue weighted by Gasteiger charge is -2.26. The van der Waals surface area contributed by atoms with Crippen molar-refractivity contribution < 1.29 is 28.6 Å². The molecule has 1 aromatic carbocycles. The molecule has 18 heavy (non-hydrogen) atoms. The van der Waals surface area contributed by atoms with Crippen molar-refractivity contribution in [3.8, 4) is 0 Å². The number of aromatic carboxylic acids is 1. The molecule has 1 saturated heterocycles. The molecule has 0 atom stereocenters. The summed E-state index contributed by atoms with van der Waals surface area (Å²) in [6.45, 7) is -0.779. The first-order valence-corrected chi connectivity index (χ1v) is 4.97. The van der Waals surface area contributed by atoms with Gasteiger partial charge in [-0.3, -0.25) is 9.59 Å². The fourth-order valence-electron chi connectivity index (χ4n) is 1.66. The zero-order valence-electron chi connectivity index (χ0n) is 9.05. The molecule has 1 N–H and O–H groups in total. The topological polar surface area (TPSA) is 83.9 Å². The van der Waals surface area contributed by atoms with Crippen LogP contribution in [0.25, 0.3) is 0 Å². The third-order valence-corrected chi connectivity index (χ3v) is 2.39. The number of anilines is 1. The minimum absolute atomic E-state index is 0.390. The van der Waals surface area contributed by atoms with Gasteiger partial charge in [0, 0.05) is 0 Å². The van der Waals surface area contributed by atoms with E-state index in [0.29, 0.717) is 4.90 Å². The number of imide groups is 1. The number of hydrogen-bond donors (Lipinski definition) is 1. The fraction of sp³-hybridized carbons (Fsp3) is 0.182. The minimum Gasteiger partial charge on any atom is -0.478 e. The summed E-state index contributed by atoms with van der Waals surface area (Å²) in [5.41, 5.74) is -0.984. The summed E-state index contributed by atoms with van der Waals surface area (Å²) in [7, 11) is 0. The average Bonchev–Trinajstić information content (AvgIpc) is 2.30. The first-order valence-electron chi connectivity index (χ1n) is 4.97. The lowest BCUT2D eigenvalue weighted by Crippen LogP contribution is -2.47. The second kappa shape index (κ2) is 4.53. The molecule has 0 aliphatic carbocycles. The molecule has 1 aliphatic rings. The highest BCUT2D eigenvalue weighted by Crippen LogP contribution is 2.26. The van der Waals surface area contributed by atoms with Crippen LogP contribution >= 0.6 is 0 Å². The van der Waals surface area contributed by atoms with Gasteiger partial charge in [-0.05, 0) is 12.1 Å². The summed E-state index contributed by atoms with van der Waals surface area (Å²) >= 11 is 0. The molecule has 0 unspecified atom stereocenters. The molecule has 1 heterocycles. The summed E-state index contributed by atoms with van der Waals surface area (Å²) in [5.74, 6) is -3.95. The normalized spacial score (nSPS) is 15.9. The third kappa shape index (κ3) is 1.95. The second-order valence-corrected chi connectivity index (χ2v) is 3.56. The van der Waals surface area contributed by atoms with Crippen molar-refractivity contribution in [3.63, 3.8) is 0 Å². The van der Waals surface area contributed by atoms with Gasteiger partial charge in [0.15, 0.2) is 0 Å². The standard InChI is InChI=1S/C11H8FNO5/c12-7-3-1-2-6(11(16)17)10(7)13-8(14)4-18-5-9(13)15/h1-3H,4-5H2,(H,16,17). The summed E-state index contributed by atoms with van der Waals surface area (Å²) in [4.78, 5) is 34.6. The molecule has 0 saturated carbocycles. The molecule has 2 amide bonds. The minimum atomic E-state index is -1.42. The van der Waals surface area contributed by atoms with Crippen molar-refractivity contribution in [1.29, 1.82) is 0 Å². The van der Waals surface area contributed by atoms with Gasteiger partial charge in [0.25, 0.3) is 11.8 Å². The number of carboxylic acids is 1. The Morgan fingerprint density at radius 3 is 2.44 bits per heavy atom. The smallest absolute Gasteiger partial charge is 0.337 e. The summed E-state index contributed by atoms with van der Waals surface area (Å²) in [6, 6.07) is 3.30. The van der Waals surface area contributed by atoms with Crippen LogP contribution in [-0.2, 0) is 14.3 Å². The number of benzene rings is 1. The van der Waals surface area contributed by atoms with Gasteiger partial charge >= 0.3 is 5.97 Å². The zero-order chi connectivity index (χ0) is 13.3. The van der Waals surface area contributed by atoms with E-state index in [1.54, 1.807) is 0 Å². The van der Waals surface area contributed by atoms with E-state index >= 15 is 0 Å². The largest absolute Gasteiger partial charge is 0.478 e. The van der Waals surface area contributed by atoms with E-state index in [2.05, 4.69) is 4.74 Å². The van der Waals surface area contributed by atoms with Crippen LogP contribution in [0.3, 0.4) is 0 Å². The van der Waals surface area contributed by atoms with E-state index in [4.69, 9.17) is 5.11 Å². The highest BCUT2D eigenvalue weighted by atomic mass is 19.1. The van der Waals surface area contributed by atoms with Crippen molar-refractivity contribution in [2.24, 2.45) is 0 Å². The first kappa shape index (κ1) is 12.2. The Bertz CT molecular complexity index is 526. The number of carbonyl (C=O) groups is 3. The molecular formula is C11H8FNO5. The van der Waals surface area contributed by atoms with Crippen molar-refractivity contribution in [2.45, 2.75) is 0 Å². The van der Waals surface area contributed by atoms with Crippen LogP contribution in [0.5, 0.6) is 0 Å². The molecule has 0 spiro atoms. The van der Waals surface area contributed by atoms with Crippen LogP contribution in [0, 0.1) is 5.82 Å². The number of carbonyl (C=O) groups excluding carboxylic acids is 2. The quantitative estimate of drug-likeness (QED) is 0.772. The van der Waals surface area contributed by atoms with E-state index in [0.717, 1.165) is 12.1 Å². The molecule has 94 valence electrons. The Morgan fingerprint density at radius 2 is 1.89 bits per heavy atom. The number of ether oxygens (including phenoxy) is 1. The van der Waals surface area contributed by atoms with Crippen LogP contribution in [0.2, 0.25) is 0 Å². The van der Waals surface area contributed by atoms with Crippen LogP contribution in [0.1, 0.15) is 10.4 Å². The molecular weight excluding hydrogens is 245 g/mol. The molecule has 0 aromatic heterocycles. The number of rotatable bonds is 2. The summed E-state index contributed by atoms with van der Waals surface area (Å²) in [5, 5.41) is 8.95. The number of carboxylic acid groups (broad SMARTS) is 1. The Labute approximate surface area is 101 Å². The van der Waals surface area contributed by atoms with Gasteiger partial charge in [-0.25, -0.2) is 14.1 Å². The number of para-hydroxylation sites is 1. The van der Waals surface area contributed by atoms with Crippen LogP contribution in [0.15, 0.2) is 18.2 Å². The zero-order valence-corrected chi connectivity index (χ0v) is 9.05. The van der Waals surface area contributed by atoms with Crippen LogP contribution in [-0.4, -0.2) is 36.1 Å². The number of morpholine rings is 1. The highest BCUT2D eigenvalue weighted by molar-refractivity contribution is 6.19. The number of amides is 2. The molecule has 1 fully saturated rings. The van der Waals surface area contributed by atoms with E-state index < -0.39 is 34.9 Å². The van der Waals surface area contributed by atoms with Gasteiger partial charge in [0.05, 0.1) is 5.56 Å². The van der Waals surface area contributed by atoms with Gasteiger partial charge < -0.3 is 9.84 Å². The van der Waals surface area contributed by atoms with Crippen molar-refractivity contribution in [2.75, 3.05) is 18.1 Å². The maximum atomic E-state index is 13.7. The Hall–Kier alpha value is -2.28. The molecule has 7 heteroatoms. The molecule has 2 rings (SSSR count). The van der Waals surface area contributed by atoms with E-state index in [-0.39, 0.29) is 13.2 Å². The second-order valence-electron chi connectivity index (χ2n) is 3.56. The van der Waals surface area contributed by atoms with Gasteiger partial charge in [-0.2, -0.15) is 0 Å². The Balaban J connectivity index is 2.58. The van der Waals surface area contributed by atoms with Gasteiger partial charge in [0.2, 0.25) is 0 Å². The van der Waals surface area contributed by atoms with E-state index in [1.807, 2.05) is 0 Å². The third-order valence-electron chi connectivity index (χ3n) is 2.39. The SMILES string of the molecule is O=C(O)c1cccc(F)c1N1C(=O)COCC1=O. The van der Waals surface area contributed by atoms with Crippen molar-refractivity contribution in [1.82, 2.24) is 0 Å². The number of nitrogens with zero attached hydrogens (tertiary/aromatic N) is 1. The molecule has 0 bridgehead atoms. The van der Waals surface area contributed by atoms with Crippen molar-refractivity contribution >= 4 is 23.5 Å². The number of halogens is 1. The molecule has 1 aliphatic heterocycles. The summed E-state index contributed by atoms with van der Waals surface area (Å²) in [6.07, 6.45) is 0. The van der Waals surface area contributed by atoms with Crippen LogP contribution < -0.4 is 4.90 Å². The van der Waals surface area contributed by atoms with Crippen molar-refractivity contribution in [3.05, 3.63) is 29.6 Å². The lowest BCUT2D eigenvalue weighted by molar-refractivity contribution is -0.138. The molecule has 6 nitrogen and oxygen atoms in total. The van der Waals surface area contributed by atoms with Gasteiger partial charge in [0.1, 0.15) is 24.7 Å². The predicted octanol–water partition coefficient (Wildman–Crippen LogP) is 0.414. The maximum absolute atomic E-state index is 13.7. The fourth-order valence-corrected chi connectivity index (χ4v) is 1.66. The lowest BCUT2D eigenvalue weighted by atomic mass is 10.1. The highest BCUT2D eigenvalue weighted by Gasteiger charge is 2.33. The molecule has 0 radical (unpaired) electrons. The van der Waals surface area contributed by atoms with Crippen LogP contribution in [0.4, 0.5) is 10.1 Å². The Kier molecular flexibility index (Phi) is 3.07. The monoisotopic (exact) mass is 253 g/mol. The Morgan fingerprint density at radius 1 is 1.28 bits per heavy atom. The maximum Gasteiger partial charge on any atom is 0.337 e. The predicted molar refractivity (Wildman–Crippen MR) is 56.7 cm³/mol.